The minimum absolute atomic E-state index is 0.681. The molecule has 1 rings (SSSR count). The van der Waals surface area contributed by atoms with Crippen LogP contribution in [0.15, 0.2) is 10.9 Å². The van der Waals surface area contributed by atoms with E-state index in [1.54, 1.807) is 18.4 Å². The molecule has 0 unspecified atom stereocenters. The summed E-state index contributed by atoms with van der Waals surface area (Å²) in [6, 6.07) is 0. The molecule has 0 amide bonds. The van der Waals surface area contributed by atoms with Crippen molar-refractivity contribution in [2.75, 3.05) is 26.8 Å². The first-order valence-electron chi connectivity index (χ1n) is 5.30. The van der Waals surface area contributed by atoms with Gasteiger partial charge in [-0.15, -0.1) is 11.3 Å². The Morgan fingerprint density at radius 1 is 1.53 bits per heavy atom. The molecule has 86 valence electrons. The van der Waals surface area contributed by atoms with Gasteiger partial charge < -0.3 is 4.74 Å². The molecule has 0 aliphatic carbocycles. The highest BCUT2D eigenvalue weighted by atomic mass is 32.1. The van der Waals surface area contributed by atoms with Gasteiger partial charge in [-0.05, 0) is 5.92 Å². The van der Waals surface area contributed by atoms with Gasteiger partial charge in [0.25, 0.3) is 0 Å². The maximum atomic E-state index is 5.11. The third-order valence-corrected chi connectivity index (χ3v) is 2.74. The van der Waals surface area contributed by atoms with E-state index in [1.807, 2.05) is 5.51 Å². The van der Waals surface area contributed by atoms with Gasteiger partial charge in [-0.25, -0.2) is 4.98 Å². The maximum Gasteiger partial charge on any atom is 0.0795 e. The molecule has 4 heteroatoms. The fourth-order valence-electron chi connectivity index (χ4n) is 1.52. The summed E-state index contributed by atoms with van der Waals surface area (Å²) in [7, 11) is 1.75. The van der Waals surface area contributed by atoms with Crippen LogP contribution in [0.3, 0.4) is 0 Å². The Hall–Kier alpha value is -0.450. The van der Waals surface area contributed by atoms with Crippen LogP contribution in [0.2, 0.25) is 0 Å². The van der Waals surface area contributed by atoms with E-state index >= 15 is 0 Å². The first-order valence-corrected chi connectivity index (χ1v) is 6.25. The summed E-state index contributed by atoms with van der Waals surface area (Å²) in [4.78, 5) is 6.70. The summed E-state index contributed by atoms with van der Waals surface area (Å²) in [5, 5.41) is 2.11. The molecule has 0 aliphatic rings. The van der Waals surface area contributed by atoms with Gasteiger partial charge in [0.15, 0.2) is 0 Å². The van der Waals surface area contributed by atoms with Crippen molar-refractivity contribution in [1.82, 2.24) is 9.88 Å². The van der Waals surface area contributed by atoms with Crippen LogP contribution in [0, 0.1) is 5.92 Å². The van der Waals surface area contributed by atoms with Crippen LogP contribution >= 0.6 is 11.3 Å². The number of ether oxygens (including phenoxy) is 1. The summed E-state index contributed by atoms with van der Waals surface area (Å²) in [6.07, 6.45) is 0. The average molecular weight is 228 g/mol. The minimum Gasteiger partial charge on any atom is -0.383 e. The molecule has 1 aromatic rings. The topological polar surface area (TPSA) is 25.4 Å². The van der Waals surface area contributed by atoms with Crippen molar-refractivity contribution in [1.29, 1.82) is 0 Å². The molecule has 0 fully saturated rings. The molecule has 0 bridgehead atoms. The molecular formula is C11H20N2OS. The summed E-state index contributed by atoms with van der Waals surface area (Å²) >= 11 is 1.66. The maximum absolute atomic E-state index is 5.11. The number of nitrogens with zero attached hydrogens (tertiary/aromatic N) is 2. The Balaban J connectivity index is 2.41. The van der Waals surface area contributed by atoms with Crippen LogP contribution in [0.1, 0.15) is 19.5 Å². The molecule has 0 saturated carbocycles. The first kappa shape index (κ1) is 12.6. The predicted molar refractivity (Wildman–Crippen MR) is 64.1 cm³/mol. The average Bonchev–Trinajstić information content (AvgIpc) is 2.66. The first-order chi connectivity index (χ1) is 7.22. The quantitative estimate of drug-likeness (QED) is 0.715. The predicted octanol–water partition coefficient (Wildman–Crippen LogP) is 2.25. The SMILES string of the molecule is COCCN(Cc1cscn1)CC(C)C. The van der Waals surface area contributed by atoms with E-state index < -0.39 is 0 Å². The Labute approximate surface area is 96.1 Å². The molecule has 0 spiro atoms. The number of rotatable bonds is 7. The molecule has 1 heterocycles. The zero-order chi connectivity index (χ0) is 11.1. The van der Waals surface area contributed by atoms with E-state index in [0.29, 0.717) is 5.92 Å². The molecule has 3 nitrogen and oxygen atoms in total. The highest BCUT2D eigenvalue weighted by Gasteiger charge is 2.08. The highest BCUT2D eigenvalue weighted by Crippen LogP contribution is 2.07. The van der Waals surface area contributed by atoms with Crippen LogP contribution < -0.4 is 0 Å². The van der Waals surface area contributed by atoms with E-state index in [0.717, 1.165) is 31.9 Å². The second-order valence-corrected chi connectivity index (χ2v) is 4.82. The van der Waals surface area contributed by atoms with Gasteiger partial charge in [0.05, 0.1) is 17.8 Å². The molecule has 1 aromatic heterocycles. The third kappa shape index (κ3) is 5.25. The van der Waals surface area contributed by atoms with Gasteiger partial charge in [0.1, 0.15) is 0 Å². The Morgan fingerprint density at radius 3 is 2.87 bits per heavy atom. The number of hydrogen-bond acceptors (Lipinski definition) is 4. The second kappa shape index (κ2) is 6.93. The molecular weight excluding hydrogens is 208 g/mol. The van der Waals surface area contributed by atoms with Gasteiger partial charge in [0, 0.05) is 32.1 Å². The lowest BCUT2D eigenvalue weighted by atomic mass is 10.2. The molecule has 15 heavy (non-hydrogen) atoms. The monoisotopic (exact) mass is 228 g/mol. The number of hydrogen-bond donors (Lipinski definition) is 0. The van der Waals surface area contributed by atoms with Crippen molar-refractivity contribution in [2.45, 2.75) is 20.4 Å². The van der Waals surface area contributed by atoms with Crippen molar-refractivity contribution >= 4 is 11.3 Å². The van der Waals surface area contributed by atoms with E-state index in [1.165, 1.54) is 0 Å². The summed E-state index contributed by atoms with van der Waals surface area (Å²) < 4.78 is 5.11. The molecule has 0 radical (unpaired) electrons. The second-order valence-electron chi connectivity index (χ2n) is 4.10. The normalized spacial score (nSPS) is 11.5. The summed E-state index contributed by atoms with van der Waals surface area (Å²) in [5.74, 6) is 0.681. The summed E-state index contributed by atoms with van der Waals surface area (Å²) in [6.45, 7) is 8.27. The fourth-order valence-corrected chi connectivity index (χ4v) is 2.07. The fraction of sp³-hybridized carbons (Fsp3) is 0.727. The van der Waals surface area contributed by atoms with E-state index in [-0.39, 0.29) is 0 Å². The standard InChI is InChI=1S/C11H20N2OS/c1-10(2)6-13(4-5-14-3)7-11-8-15-9-12-11/h8-10H,4-7H2,1-3H3. The van der Waals surface area contributed by atoms with Crippen molar-refractivity contribution in [3.05, 3.63) is 16.6 Å². The van der Waals surface area contributed by atoms with Crippen molar-refractivity contribution < 1.29 is 4.74 Å². The largest absolute Gasteiger partial charge is 0.383 e. The zero-order valence-electron chi connectivity index (χ0n) is 9.77. The third-order valence-electron chi connectivity index (χ3n) is 2.10. The van der Waals surface area contributed by atoms with Crippen molar-refractivity contribution in [2.24, 2.45) is 5.92 Å². The van der Waals surface area contributed by atoms with Gasteiger partial charge in [-0.1, -0.05) is 13.8 Å². The van der Waals surface area contributed by atoms with E-state index in [2.05, 4.69) is 29.1 Å². The van der Waals surface area contributed by atoms with Crippen molar-refractivity contribution in [3.8, 4) is 0 Å². The molecule has 0 aliphatic heterocycles. The van der Waals surface area contributed by atoms with E-state index in [9.17, 15) is 0 Å². The van der Waals surface area contributed by atoms with Crippen LogP contribution in [-0.2, 0) is 11.3 Å². The van der Waals surface area contributed by atoms with Gasteiger partial charge in [0.2, 0.25) is 0 Å². The smallest absolute Gasteiger partial charge is 0.0795 e. The Morgan fingerprint density at radius 2 is 2.33 bits per heavy atom. The molecule has 0 N–H and O–H groups in total. The van der Waals surface area contributed by atoms with Gasteiger partial charge in [-0.3, -0.25) is 4.90 Å². The van der Waals surface area contributed by atoms with Crippen LogP contribution in [0.25, 0.3) is 0 Å². The van der Waals surface area contributed by atoms with Gasteiger partial charge >= 0.3 is 0 Å². The van der Waals surface area contributed by atoms with Crippen LogP contribution in [-0.4, -0.2) is 36.7 Å². The Bertz CT molecular complexity index is 249. The number of thiazole rings is 1. The molecule has 0 atom stereocenters. The Kier molecular flexibility index (Phi) is 5.83. The minimum atomic E-state index is 0.681. The van der Waals surface area contributed by atoms with Gasteiger partial charge in [-0.2, -0.15) is 0 Å². The zero-order valence-corrected chi connectivity index (χ0v) is 10.6. The summed E-state index contributed by atoms with van der Waals surface area (Å²) in [5.41, 5.74) is 3.05. The molecule has 0 aromatic carbocycles. The van der Waals surface area contributed by atoms with Crippen LogP contribution in [0.5, 0.6) is 0 Å². The lowest BCUT2D eigenvalue weighted by molar-refractivity contribution is 0.135. The lowest BCUT2D eigenvalue weighted by Crippen LogP contribution is -2.30. The van der Waals surface area contributed by atoms with E-state index in [4.69, 9.17) is 4.74 Å². The molecule has 0 saturated heterocycles. The lowest BCUT2D eigenvalue weighted by Gasteiger charge is -2.22. The number of methoxy groups -OCH3 is 1. The highest BCUT2D eigenvalue weighted by molar-refractivity contribution is 7.07. The number of aromatic nitrogens is 1. The van der Waals surface area contributed by atoms with Crippen LogP contribution in [0.4, 0.5) is 0 Å². The van der Waals surface area contributed by atoms with Crippen molar-refractivity contribution in [3.63, 3.8) is 0 Å².